The summed E-state index contributed by atoms with van der Waals surface area (Å²) >= 11 is 12.1. The smallest absolute Gasteiger partial charge is 0.337 e. The molecule has 2 heterocycles. The molecule has 2 saturated heterocycles. The topological polar surface area (TPSA) is 70.2 Å². The zero-order valence-corrected chi connectivity index (χ0v) is 18.4. The van der Waals surface area contributed by atoms with Gasteiger partial charge in [-0.1, -0.05) is 23.2 Å². The van der Waals surface area contributed by atoms with Gasteiger partial charge in [0.05, 0.1) is 40.9 Å². The summed E-state index contributed by atoms with van der Waals surface area (Å²) in [5.74, 6) is -0.949. The number of carbonyl (C=O) groups is 3. The largest absolute Gasteiger partial charge is 0.465 e. The van der Waals surface area contributed by atoms with E-state index in [1.807, 2.05) is 12.1 Å². The van der Waals surface area contributed by atoms with E-state index in [4.69, 9.17) is 23.2 Å². The number of methoxy groups -OCH3 is 1. The molecule has 4 rings (SSSR count). The highest BCUT2D eigenvalue weighted by Gasteiger charge is 2.43. The maximum absolute atomic E-state index is 13.1. The predicted octanol–water partition coefficient (Wildman–Crippen LogP) is 3.23. The van der Waals surface area contributed by atoms with E-state index in [1.165, 1.54) is 12.0 Å². The molecule has 0 radical (unpaired) electrons. The van der Waals surface area contributed by atoms with Gasteiger partial charge in [0.2, 0.25) is 5.91 Å². The lowest BCUT2D eigenvalue weighted by Crippen LogP contribution is -2.52. The maximum Gasteiger partial charge on any atom is 0.337 e. The third kappa shape index (κ3) is 4.26. The Kier molecular flexibility index (Phi) is 6.18. The van der Waals surface area contributed by atoms with Gasteiger partial charge >= 0.3 is 5.97 Å². The molecular weight excluding hydrogens is 441 g/mol. The molecule has 9 heteroatoms. The van der Waals surface area contributed by atoms with Gasteiger partial charge in [-0.05, 0) is 42.5 Å². The Labute approximate surface area is 190 Å². The number of hydrogen-bond acceptors (Lipinski definition) is 6. The number of piperazine rings is 1. The number of carbonyl (C=O) groups excluding carboxylic acids is 3. The molecule has 7 nitrogen and oxygen atoms in total. The zero-order valence-electron chi connectivity index (χ0n) is 16.9. The van der Waals surface area contributed by atoms with Crippen LogP contribution in [0, 0.1) is 0 Å². The lowest BCUT2D eigenvalue weighted by molar-refractivity contribution is -0.123. The lowest BCUT2D eigenvalue weighted by atomic mass is 10.1. The summed E-state index contributed by atoms with van der Waals surface area (Å²) in [6.07, 6.45) is 0.143. The Morgan fingerprint density at radius 1 is 0.935 bits per heavy atom. The van der Waals surface area contributed by atoms with Crippen molar-refractivity contribution in [2.45, 2.75) is 12.5 Å². The molecule has 0 bridgehead atoms. The number of rotatable bonds is 4. The molecule has 162 valence electrons. The van der Waals surface area contributed by atoms with E-state index in [9.17, 15) is 14.4 Å². The van der Waals surface area contributed by atoms with Gasteiger partial charge in [0.1, 0.15) is 0 Å². The molecule has 0 saturated carbocycles. The Morgan fingerprint density at radius 2 is 1.58 bits per heavy atom. The summed E-state index contributed by atoms with van der Waals surface area (Å²) in [5.41, 5.74) is 1.80. The second-order valence-electron chi connectivity index (χ2n) is 7.45. The molecule has 2 aromatic rings. The van der Waals surface area contributed by atoms with E-state index in [2.05, 4.69) is 14.5 Å². The Bertz CT molecular complexity index is 1020. The third-order valence-electron chi connectivity index (χ3n) is 5.69. The number of benzene rings is 2. The van der Waals surface area contributed by atoms with Crippen LogP contribution in [-0.4, -0.2) is 62.0 Å². The van der Waals surface area contributed by atoms with Gasteiger partial charge in [-0.15, -0.1) is 0 Å². The van der Waals surface area contributed by atoms with Crippen LogP contribution < -0.4 is 9.80 Å². The van der Waals surface area contributed by atoms with E-state index >= 15 is 0 Å². The molecule has 2 fully saturated rings. The molecule has 2 aliphatic rings. The van der Waals surface area contributed by atoms with Crippen molar-refractivity contribution in [1.29, 1.82) is 0 Å². The molecule has 2 aliphatic heterocycles. The maximum atomic E-state index is 13.1. The van der Waals surface area contributed by atoms with Crippen molar-refractivity contribution in [3.63, 3.8) is 0 Å². The molecule has 0 aliphatic carbocycles. The summed E-state index contributed by atoms with van der Waals surface area (Å²) < 4.78 is 4.68. The average molecular weight is 462 g/mol. The van der Waals surface area contributed by atoms with Crippen molar-refractivity contribution >= 4 is 52.4 Å². The summed E-state index contributed by atoms with van der Waals surface area (Å²) in [4.78, 5) is 42.7. The van der Waals surface area contributed by atoms with Crippen LogP contribution in [-0.2, 0) is 14.3 Å². The number of esters is 1. The van der Waals surface area contributed by atoms with Crippen molar-refractivity contribution in [3.8, 4) is 0 Å². The van der Waals surface area contributed by atoms with Gasteiger partial charge in [0.25, 0.3) is 5.91 Å². The van der Waals surface area contributed by atoms with Crippen molar-refractivity contribution in [1.82, 2.24) is 4.90 Å². The molecule has 2 aromatic carbocycles. The molecule has 1 atom stereocenters. The average Bonchev–Trinajstić information content (AvgIpc) is 3.09. The zero-order chi connectivity index (χ0) is 22.1. The van der Waals surface area contributed by atoms with E-state index in [0.717, 1.165) is 5.69 Å². The molecule has 0 spiro atoms. The summed E-state index contributed by atoms with van der Waals surface area (Å²) in [6, 6.07) is 11.3. The SMILES string of the molecule is COC(=O)c1ccc(N2C(=O)C[C@H](N3CCN(c4ccc(Cl)c(Cl)c4)CC3)C2=O)cc1. The highest BCUT2D eigenvalue weighted by molar-refractivity contribution is 6.42. The number of nitrogens with zero attached hydrogens (tertiary/aromatic N) is 3. The molecule has 2 amide bonds. The minimum atomic E-state index is -0.483. The standard InChI is InChI=1S/C22H21Cl2N3O4/c1-31-22(30)14-2-4-15(5-3-14)27-20(28)13-19(21(27)29)26-10-8-25(9-11-26)16-6-7-17(23)18(24)12-16/h2-7,12,19H,8-11,13H2,1H3/t19-/m0/s1. The summed E-state index contributed by atoms with van der Waals surface area (Å²) in [6.45, 7) is 2.73. The van der Waals surface area contributed by atoms with Crippen LogP contribution in [0.5, 0.6) is 0 Å². The van der Waals surface area contributed by atoms with Gasteiger partial charge < -0.3 is 9.64 Å². The number of anilines is 2. The Balaban J connectivity index is 1.42. The number of amides is 2. The fraction of sp³-hybridized carbons (Fsp3) is 0.318. The minimum absolute atomic E-state index is 0.143. The van der Waals surface area contributed by atoms with E-state index in [0.29, 0.717) is 47.5 Å². The quantitative estimate of drug-likeness (QED) is 0.514. The monoisotopic (exact) mass is 461 g/mol. The molecular formula is C22H21Cl2N3O4. The number of imide groups is 1. The number of hydrogen-bond donors (Lipinski definition) is 0. The first-order valence-corrected chi connectivity index (χ1v) is 10.6. The first-order chi connectivity index (χ1) is 14.9. The molecule has 0 aromatic heterocycles. The van der Waals surface area contributed by atoms with Crippen LogP contribution in [0.25, 0.3) is 0 Å². The number of ether oxygens (including phenoxy) is 1. The molecule has 31 heavy (non-hydrogen) atoms. The van der Waals surface area contributed by atoms with Crippen molar-refractivity contribution in [2.24, 2.45) is 0 Å². The molecule has 0 unspecified atom stereocenters. The predicted molar refractivity (Wildman–Crippen MR) is 119 cm³/mol. The summed E-state index contributed by atoms with van der Waals surface area (Å²) in [5, 5.41) is 1.02. The lowest BCUT2D eigenvalue weighted by Gasteiger charge is -2.38. The van der Waals surface area contributed by atoms with Crippen LogP contribution in [0.4, 0.5) is 11.4 Å². The molecule has 0 N–H and O–H groups in total. The van der Waals surface area contributed by atoms with Crippen LogP contribution in [0.3, 0.4) is 0 Å². The Morgan fingerprint density at radius 3 is 2.19 bits per heavy atom. The third-order valence-corrected chi connectivity index (χ3v) is 6.43. The fourth-order valence-corrected chi connectivity index (χ4v) is 4.30. The van der Waals surface area contributed by atoms with Crippen molar-refractivity contribution in [3.05, 3.63) is 58.1 Å². The minimum Gasteiger partial charge on any atom is -0.465 e. The van der Waals surface area contributed by atoms with Crippen molar-refractivity contribution < 1.29 is 19.1 Å². The van der Waals surface area contributed by atoms with E-state index < -0.39 is 12.0 Å². The van der Waals surface area contributed by atoms with Gasteiger partial charge in [-0.3, -0.25) is 14.5 Å². The number of halogens is 2. The summed E-state index contributed by atoms with van der Waals surface area (Å²) in [7, 11) is 1.30. The van der Waals surface area contributed by atoms with E-state index in [-0.39, 0.29) is 18.2 Å². The fourth-order valence-electron chi connectivity index (χ4n) is 4.01. The van der Waals surface area contributed by atoms with Gasteiger partial charge in [-0.2, -0.15) is 0 Å². The second-order valence-corrected chi connectivity index (χ2v) is 8.26. The highest BCUT2D eigenvalue weighted by Crippen LogP contribution is 2.30. The van der Waals surface area contributed by atoms with Crippen LogP contribution in [0.1, 0.15) is 16.8 Å². The van der Waals surface area contributed by atoms with Crippen LogP contribution in [0.2, 0.25) is 10.0 Å². The highest BCUT2D eigenvalue weighted by atomic mass is 35.5. The van der Waals surface area contributed by atoms with Gasteiger partial charge in [-0.25, -0.2) is 9.69 Å². The van der Waals surface area contributed by atoms with Crippen molar-refractivity contribution in [2.75, 3.05) is 43.1 Å². The van der Waals surface area contributed by atoms with Gasteiger partial charge in [0, 0.05) is 31.9 Å². The first kappa shape index (κ1) is 21.6. The Hall–Kier alpha value is -2.61. The second kappa shape index (κ2) is 8.86. The first-order valence-electron chi connectivity index (χ1n) is 9.88. The normalized spacial score (nSPS) is 19.8. The van der Waals surface area contributed by atoms with Crippen LogP contribution in [0.15, 0.2) is 42.5 Å². The van der Waals surface area contributed by atoms with Gasteiger partial charge in [0.15, 0.2) is 0 Å². The van der Waals surface area contributed by atoms with Crippen LogP contribution >= 0.6 is 23.2 Å². The van der Waals surface area contributed by atoms with E-state index in [1.54, 1.807) is 30.3 Å².